The summed E-state index contributed by atoms with van der Waals surface area (Å²) in [6, 6.07) is 16.2. The van der Waals surface area contributed by atoms with Crippen LogP contribution in [0.3, 0.4) is 0 Å². The topological polar surface area (TPSA) is 46.9 Å². The molecule has 138 valence electrons. The van der Waals surface area contributed by atoms with Crippen LogP contribution < -0.4 is 5.32 Å². The molecule has 27 heavy (non-hydrogen) atoms. The lowest BCUT2D eigenvalue weighted by molar-refractivity contribution is 0.102. The fourth-order valence-corrected chi connectivity index (χ4v) is 3.92. The third kappa shape index (κ3) is 3.16. The van der Waals surface area contributed by atoms with Crippen molar-refractivity contribution in [3.8, 4) is 5.69 Å². The average Bonchev–Trinajstić information content (AvgIpc) is 3.26. The predicted molar refractivity (Wildman–Crippen MR) is 109 cm³/mol. The Morgan fingerprint density at radius 2 is 1.85 bits per heavy atom. The van der Waals surface area contributed by atoms with Crippen molar-refractivity contribution in [1.29, 1.82) is 0 Å². The number of aromatic nitrogens is 2. The van der Waals surface area contributed by atoms with Crippen molar-refractivity contribution in [2.45, 2.75) is 46.0 Å². The maximum atomic E-state index is 13.2. The largest absolute Gasteiger partial charge is 0.320 e. The van der Waals surface area contributed by atoms with Gasteiger partial charge in [-0.3, -0.25) is 4.79 Å². The number of hydrogen-bond donors (Lipinski definition) is 1. The van der Waals surface area contributed by atoms with Crippen LogP contribution in [-0.2, 0) is 12.8 Å². The first-order valence-electron chi connectivity index (χ1n) is 9.63. The number of benzene rings is 2. The van der Waals surface area contributed by atoms with Gasteiger partial charge in [-0.05, 0) is 55.4 Å². The lowest BCUT2D eigenvalue weighted by atomic mass is 9.98. The third-order valence-corrected chi connectivity index (χ3v) is 5.31. The fraction of sp³-hybridized carbons (Fsp3) is 0.304. The van der Waals surface area contributed by atoms with Crippen molar-refractivity contribution in [3.63, 3.8) is 0 Å². The Labute approximate surface area is 160 Å². The highest BCUT2D eigenvalue weighted by Gasteiger charge is 2.27. The molecule has 0 aliphatic heterocycles. The van der Waals surface area contributed by atoms with Gasteiger partial charge in [0.1, 0.15) is 0 Å². The van der Waals surface area contributed by atoms with E-state index in [1.54, 1.807) is 0 Å². The molecule has 4 nitrogen and oxygen atoms in total. The van der Waals surface area contributed by atoms with Crippen molar-refractivity contribution in [2.75, 3.05) is 5.32 Å². The summed E-state index contributed by atoms with van der Waals surface area (Å²) in [6.07, 6.45) is 2.95. The van der Waals surface area contributed by atoms with Gasteiger partial charge in [-0.15, -0.1) is 0 Å². The van der Waals surface area contributed by atoms with E-state index in [4.69, 9.17) is 5.10 Å². The molecule has 1 aromatic heterocycles. The molecule has 0 saturated carbocycles. The molecule has 1 aliphatic rings. The van der Waals surface area contributed by atoms with Crippen LogP contribution in [0.1, 0.15) is 59.1 Å². The third-order valence-electron chi connectivity index (χ3n) is 5.31. The molecule has 1 heterocycles. The summed E-state index contributed by atoms with van der Waals surface area (Å²) < 4.78 is 1.94. The van der Waals surface area contributed by atoms with E-state index in [0.29, 0.717) is 11.6 Å². The predicted octanol–water partition coefficient (Wildman–Crippen LogP) is 5.05. The molecule has 0 bridgehead atoms. The van der Waals surface area contributed by atoms with Gasteiger partial charge < -0.3 is 5.32 Å². The Kier molecular flexibility index (Phi) is 4.56. The molecule has 0 unspecified atom stereocenters. The summed E-state index contributed by atoms with van der Waals surface area (Å²) in [4.78, 5) is 13.2. The van der Waals surface area contributed by atoms with E-state index in [1.807, 2.05) is 54.1 Å². The van der Waals surface area contributed by atoms with Gasteiger partial charge in [-0.2, -0.15) is 5.10 Å². The Bertz CT molecular complexity index is 986. The molecular formula is C23H25N3O. The van der Waals surface area contributed by atoms with Gasteiger partial charge in [0.25, 0.3) is 5.91 Å². The van der Waals surface area contributed by atoms with Crippen LogP contribution in [0.5, 0.6) is 0 Å². The van der Waals surface area contributed by atoms with E-state index in [9.17, 15) is 4.79 Å². The summed E-state index contributed by atoms with van der Waals surface area (Å²) in [5.41, 5.74) is 6.98. The van der Waals surface area contributed by atoms with Crippen LogP contribution in [0.25, 0.3) is 5.69 Å². The summed E-state index contributed by atoms with van der Waals surface area (Å²) in [7, 11) is 0. The number of carbonyl (C=O) groups is 1. The molecule has 0 radical (unpaired) electrons. The van der Waals surface area contributed by atoms with Gasteiger partial charge in [-0.25, -0.2) is 4.68 Å². The van der Waals surface area contributed by atoms with Gasteiger partial charge in [0.15, 0.2) is 5.69 Å². The molecule has 0 spiro atoms. The molecule has 0 saturated heterocycles. The molecule has 4 heteroatoms. The number of anilines is 1. The van der Waals surface area contributed by atoms with Crippen LogP contribution in [0, 0.1) is 6.92 Å². The minimum Gasteiger partial charge on any atom is -0.320 e. The van der Waals surface area contributed by atoms with Gasteiger partial charge in [0, 0.05) is 16.9 Å². The normalized spacial score (nSPS) is 13.0. The van der Waals surface area contributed by atoms with Crippen LogP contribution in [0.4, 0.5) is 5.69 Å². The van der Waals surface area contributed by atoms with E-state index >= 15 is 0 Å². The number of para-hydroxylation sites is 2. The smallest absolute Gasteiger partial charge is 0.276 e. The molecule has 1 N–H and O–H groups in total. The molecule has 0 atom stereocenters. The highest BCUT2D eigenvalue weighted by Crippen LogP contribution is 2.31. The van der Waals surface area contributed by atoms with Gasteiger partial charge in [0.05, 0.1) is 5.69 Å². The highest BCUT2D eigenvalue weighted by molar-refractivity contribution is 6.05. The summed E-state index contributed by atoms with van der Waals surface area (Å²) in [5, 5.41) is 7.86. The van der Waals surface area contributed by atoms with Gasteiger partial charge >= 0.3 is 0 Å². The van der Waals surface area contributed by atoms with Crippen molar-refractivity contribution in [2.24, 2.45) is 0 Å². The second-order valence-corrected chi connectivity index (χ2v) is 7.52. The minimum absolute atomic E-state index is 0.112. The summed E-state index contributed by atoms with van der Waals surface area (Å²) >= 11 is 0. The maximum absolute atomic E-state index is 13.2. The zero-order valence-corrected chi connectivity index (χ0v) is 16.1. The fourth-order valence-electron chi connectivity index (χ4n) is 3.92. The molecule has 1 aliphatic carbocycles. The van der Waals surface area contributed by atoms with E-state index in [-0.39, 0.29) is 5.91 Å². The number of fused-ring (bicyclic) bond motifs is 1. The first-order chi connectivity index (χ1) is 13.1. The standard InChI is InChI=1S/C23H25N3O/c1-15(2)18-12-7-9-16(3)21(18)24-23(27)22-19-13-8-14-20(19)26(25-22)17-10-5-4-6-11-17/h4-7,9-12,15H,8,13-14H2,1-3H3,(H,24,27). The molecule has 1 amide bonds. The first-order valence-corrected chi connectivity index (χ1v) is 9.63. The Morgan fingerprint density at radius 1 is 1.07 bits per heavy atom. The SMILES string of the molecule is Cc1cccc(C(C)C)c1NC(=O)c1nn(-c2ccccc2)c2c1CCC2. The van der Waals surface area contributed by atoms with Crippen molar-refractivity contribution in [1.82, 2.24) is 9.78 Å². The van der Waals surface area contributed by atoms with Crippen LogP contribution in [-0.4, -0.2) is 15.7 Å². The Hall–Kier alpha value is -2.88. The minimum atomic E-state index is -0.112. The van der Waals surface area contributed by atoms with Crippen LogP contribution in [0.2, 0.25) is 0 Å². The second kappa shape index (κ2) is 7.03. The Balaban J connectivity index is 1.73. The lowest BCUT2D eigenvalue weighted by Crippen LogP contribution is -2.17. The van der Waals surface area contributed by atoms with Crippen molar-refractivity contribution in [3.05, 3.63) is 76.6 Å². The van der Waals surface area contributed by atoms with Crippen LogP contribution >= 0.6 is 0 Å². The van der Waals surface area contributed by atoms with E-state index < -0.39 is 0 Å². The average molecular weight is 359 g/mol. The van der Waals surface area contributed by atoms with E-state index in [1.165, 1.54) is 5.69 Å². The molecule has 2 aromatic carbocycles. The zero-order chi connectivity index (χ0) is 19.0. The summed E-state index contributed by atoms with van der Waals surface area (Å²) in [6.45, 7) is 6.33. The van der Waals surface area contributed by atoms with Crippen molar-refractivity contribution >= 4 is 11.6 Å². The number of nitrogens with zero attached hydrogens (tertiary/aromatic N) is 2. The van der Waals surface area contributed by atoms with E-state index in [0.717, 1.165) is 47.3 Å². The number of aryl methyl sites for hydroxylation is 1. The number of carbonyl (C=O) groups excluding carboxylic acids is 1. The number of nitrogens with one attached hydrogen (secondary N) is 1. The number of rotatable bonds is 4. The quantitative estimate of drug-likeness (QED) is 0.709. The van der Waals surface area contributed by atoms with Gasteiger partial charge in [-0.1, -0.05) is 50.2 Å². The van der Waals surface area contributed by atoms with E-state index in [2.05, 4.69) is 25.2 Å². The second-order valence-electron chi connectivity index (χ2n) is 7.52. The monoisotopic (exact) mass is 359 g/mol. The molecular weight excluding hydrogens is 334 g/mol. The molecule has 0 fully saturated rings. The number of amides is 1. The maximum Gasteiger partial charge on any atom is 0.276 e. The number of hydrogen-bond acceptors (Lipinski definition) is 2. The molecule has 3 aromatic rings. The highest BCUT2D eigenvalue weighted by atomic mass is 16.2. The molecule has 4 rings (SSSR count). The van der Waals surface area contributed by atoms with Gasteiger partial charge in [0.2, 0.25) is 0 Å². The zero-order valence-electron chi connectivity index (χ0n) is 16.1. The lowest BCUT2D eigenvalue weighted by Gasteiger charge is -2.16. The summed E-state index contributed by atoms with van der Waals surface area (Å²) in [5.74, 6) is 0.229. The first kappa shape index (κ1) is 17.5. The van der Waals surface area contributed by atoms with Crippen LogP contribution in [0.15, 0.2) is 48.5 Å². The van der Waals surface area contributed by atoms with Crippen molar-refractivity contribution < 1.29 is 4.79 Å². The Morgan fingerprint density at radius 3 is 2.59 bits per heavy atom.